The Morgan fingerprint density at radius 3 is 3.06 bits per heavy atom. The molecule has 1 aliphatic rings. The fraction of sp³-hybridized carbons (Fsp3) is 0.308. The first kappa shape index (κ1) is 10.1. The third-order valence-electron chi connectivity index (χ3n) is 3.13. The fourth-order valence-corrected chi connectivity index (χ4v) is 2.50. The molecule has 16 heavy (non-hydrogen) atoms. The summed E-state index contributed by atoms with van der Waals surface area (Å²) in [5, 5.41) is 11.7. The summed E-state index contributed by atoms with van der Waals surface area (Å²) in [5.74, 6) is 0. The Hall–Kier alpha value is -1.12. The van der Waals surface area contributed by atoms with Crippen molar-refractivity contribution < 1.29 is 5.11 Å². The predicted octanol–water partition coefficient (Wildman–Crippen LogP) is 3.26. The van der Waals surface area contributed by atoms with Crippen molar-refractivity contribution in [1.82, 2.24) is 4.98 Å². The minimum atomic E-state index is -0.399. The van der Waals surface area contributed by atoms with Gasteiger partial charge in [-0.1, -0.05) is 11.6 Å². The summed E-state index contributed by atoms with van der Waals surface area (Å²) in [6.07, 6.45) is 2.45. The average Bonchev–Trinajstić information content (AvgIpc) is 2.27. The highest BCUT2D eigenvalue weighted by molar-refractivity contribution is 6.31. The number of nitrogens with zero attached hydrogens (tertiary/aromatic N) is 1. The first-order chi connectivity index (χ1) is 7.74. The Labute approximate surface area is 98.9 Å². The maximum absolute atomic E-state index is 9.89. The number of aryl methyl sites for hydroxylation is 1. The van der Waals surface area contributed by atoms with Crippen molar-refractivity contribution in [3.63, 3.8) is 0 Å². The Bertz CT molecular complexity index is 553. The SMILES string of the molecule is OC1CCCc2cc3cc(Cl)ccc3nc21. The Kier molecular flexibility index (Phi) is 2.34. The number of aliphatic hydroxyl groups excluding tert-OH is 1. The lowest BCUT2D eigenvalue weighted by Gasteiger charge is -2.20. The van der Waals surface area contributed by atoms with Gasteiger partial charge in [-0.05, 0) is 49.1 Å². The molecule has 0 fully saturated rings. The Morgan fingerprint density at radius 2 is 2.19 bits per heavy atom. The second-order valence-electron chi connectivity index (χ2n) is 4.28. The van der Waals surface area contributed by atoms with E-state index < -0.39 is 6.10 Å². The summed E-state index contributed by atoms with van der Waals surface area (Å²) in [4.78, 5) is 4.53. The molecule has 1 heterocycles. The molecule has 0 amide bonds. The molecular weight excluding hydrogens is 222 g/mol. The molecular formula is C13H12ClNO. The van der Waals surface area contributed by atoms with Crippen LogP contribution in [0.1, 0.15) is 30.2 Å². The average molecular weight is 234 g/mol. The zero-order chi connectivity index (χ0) is 11.1. The second-order valence-corrected chi connectivity index (χ2v) is 4.71. The van der Waals surface area contributed by atoms with Gasteiger partial charge in [0.25, 0.3) is 0 Å². The van der Waals surface area contributed by atoms with E-state index in [0.717, 1.165) is 46.4 Å². The van der Waals surface area contributed by atoms with Crippen molar-refractivity contribution in [3.05, 3.63) is 40.5 Å². The van der Waals surface area contributed by atoms with Crippen molar-refractivity contribution in [3.8, 4) is 0 Å². The lowest BCUT2D eigenvalue weighted by atomic mass is 9.92. The first-order valence-electron chi connectivity index (χ1n) is 5.51. The number of rotatable bonds is 0. The van der Waals surface area contributed by atoms with Crippen molar-refractivity contribution in [2.75, 3.05) is 0 Å². The van der Waals surface area contributed by atoms with Crippen molar-refractivity contribution >= 4 is 22.5 Å². The zero-order valence-electron chi connectivity index (χ0n) is 8.78. The number of aromatic nitrogens is 1. The molecule has 82 valence electrons. The number of hydrogen-bond acceptors (Lipinski definition) is 2. The van der Waals surface area contributed by atoms with Gasteiger partial charge in [0, 0.05) is 10.4 Å². The highest BCUT2D eigenvalue weighted by Crippen LogP contribution is 2.31. The van der Waals surface area contributed by atoms with Crippen LogP contribution in [-0.2, 0) is 6.42 Å². The van der Waals surface area contributed by atoms with E-state index in [1.54, 1.807) is 0 Å². The number of hydrogen-bond donors (Lipinski definition) is 1. The third-order valence-corrected chi connectivity index (χ3v) is 3.36. The van der Waals surface area contributed by atoms with E-state index in [0.29, 0.717) is 0 Å². The maximum Gasteiger partial charge on any atom is 0.0962 e. The van der Waals surface area contributed by atoms with Crippen molar-refractivity contribution in [2.45, 2.75) is 25.4 Å². The van der Waals surface area contributed by atoms with Gasteiger partial charge in [0.15, 0.2) is 0 Å². The molecule has 2 aromatic rings. The molecule has 2 nitrogen and oxygen atoms in total. The smallest absolute Gasteiger partial charge is 0.0962 e. The van der Waals surface area contributed by atoms with Crippen molar-refractivity contribution in [1.29, 1.82) is 0 Å². The molecule has 1 atom stereocenters. The van der Waals surface area contributed by atoms with Gasteiger partial charge in [0.05, 0.1) is 17.3 Å². The largest absolute Gasteiger partial charge is 0.387 e. The van der Waals surface area contributed by atoms with E-state index in [2.05, 4.69) is 11.1 Å². The van der Waals surface area contributed by atoms with Gasteiger partial charge in [0.2, 0.25) is 0 Å². The summed E-state index contributed by atoms with van der Waals surface area (Å²) in [7, 11) is 0. The van der Waals surface area contributed by atoms with Crippen LogP contribution < -0.4 is 0 Å². The molecule has 1 N–H and O–H groups in total. The maximum atomic E-state index is 9.89. The molecule has 3 heteroatoms. The third kappa shape index (κ3) is 1.58. The summed E-state index contributed by atoms with van der Waals surface area (Å²) >= 11 is 5.95. The van der Waals surface area contributed by atoms with Crippen LogP contribution in [0.3, 0.4) is 0 Å². The van der Waals surface area contributed by atoms with Crippen LogP contribution in [0.25, 0.3) is 10.9 Å². The molecule has 0 saturated heterocycles. The molecule has 1 aliphatic carbocycles. The number of aliphatic hydroxyl groups is 1. The van der Waals surface area contributed by atoms with Gasteiger partial charge in [0.1, 0.15) is 0 Å². The van der Waals surface area contributed by atoms with E-state index in [4.69, 9.17) is 11.6 Å². The van der Waals surface area contributed by atoms with Crippen LogP contribution in [0.2, 0.25) is 5.02 Å². The molecule has 3 rings (SSSR count). The van der Waals surface area contributed by atoms with Gasteiger partial charge >= 0.3 is 0 Å². The molecule has 0 radical (unpaired) electrons. The van der Waals surface area contributed by atoms with E-state index in [9.17, 15) is 5.11 Å². The van der Waals surface area contributed by atoms with E-state index in [1.165, 1.54) is 0 Å². The van der Waals surface area contributed by atoms with E-state index in [-0.39, 0.29) is 0 Å². The number of benzene rings is 1. The van der Waals surface area contributed by atoms with Crippen LogP contribution >= 0.6 is 11.6 Å². The van der Waals surface area contributed by atoms with Crippen LogP contribution in [0.4, 0.5) is 0 Å². The number of pyridine rings is 1. The van der Waals surface area contributed by atoms with Gasteiger partial charge in [-0.3, -0.25) is 0 Å². The standard InChI is InChI=1S/C13H12ClNO/c14-10-4-5-11-9(7-10)6-8-2-1-3-12(16)13(8)15-11/h4-7,12,16H,1-3H2. The second kappa shape index (κ2) is 3.72. The lowest BCUT2D eigenvalue weighted by Crippen LogP contribution is -2.11. The minimum absolute atomic E-state index is 0.399. The van der Waals surface area contributed by atoms with Crippen molar-refractivity contribution in [2.24, 2.45) is 0 Å². The topological polar surface area (TPSA) is 33.1 Å². The fourth-order valence-electron chi connectivity index (χ4n) is 2.32. The predicted molar refractivity (Wildman–Crippen MR) is 64.7 cm³/mol. The van der Waals surface area contributed by atoms with E-state index in [1.807, 2.05) is 18.2 Å². The van der Waals surface area contributed by atoms with E-state index >= 15 is 0 Å². The molecule has 0 aliphatic heterocycles. The normalized spacial score (nSPS) is 19.8. The Morgan fingerprint density at radius 1 is 1.31 bits per heavy atom. The summed E-state index contributed by atoms with van der Waals surface area (Å²) in [6, 6.07) is 7.76. The zero-order valence-corrected chi connectivity index (χ0v) is 9.54. The van der Waals surface area contributed by atoms with Crippen LogP contribution in [0.15, 0.2) is 24.3 Å². The molecule has 1 aromatic carbocycles. The highest BCUT2D eigenvalue weighted by atomic mass is 35.5. The molecule has 1 aromatic heterocycles. The summed E-state index contributed by atoms with van der Waals surface area (Å²) in [5.41, 5.74) is 2.92. The number of fused-ring (bicyclic) bond motifs is 2. The quantitative estimate of drug-likeness (QED) is 0.758. The van der Waals surface area contributed by atoms with Gasteiger partial charge in [-0.2, -0.15) is 0 Å². The summed E-state index contributed by atoms with van der Waals surface area (Å²) < 4.78 is 0. The monoisotopic (exact) mass is 233 g/mol. The van der Waals surface area contributed by atoms with Crippen LogP contribution in [0, 0.1) is 0 Å². The number of halogens is 1. The lowest BCUT2D eigenvalue weighted by molar-refractivity contribution is 0.152. The Balaban J connectivity index is 2.26. The molecule has 0 saturated carbocycles. The highest BCUT2D eigenvalue weighted by Gasteiger charge is 2.19. The van der Waals surface area contributed by atoms with Gasteiger partial charge < -0.3 is 5.11 Å². The summed E-state index contributed by atoms with van der Waals surface area (Å²) in [6.45, 7) is 0. The van der Waals surface area contributed by atoms with Crippen LogP contribution in [0.5, 0.6) is 0 Å². The van der Waals surface area contributed by atoms with Gasteiger partial charge in [-0.25, -0.2) is 4.98 Å². The molecule has 0 spiro atoms. The minimum Gasteiger partial charge on any atom is -0.387 e. The molecule has 0 bridgehead atoms. The molecule has 1 unspecified atom stereocenters. The van der Waals surface area contributed by atoms with Gasteiger partial charge in [-0.15, -0.1) is 0 Å². The first-order valence-corrected chi connectivity index (χ1v) is 5.89. The van der Waals surface area contributed by atoms with Crippen LogP contribution in [-0.4, -0.2) is 10.1 Å².